The van der Waals surface area contributed by atoms with E-state index in [0.717, 1.165) is 18.4 Å². The normalized spacial score (nSPS) is 16.3. The fourth-order valence-electron chi connectivity index (χ4n) is 3.48. The minimum absolute atomic E-state index is 0.00538. The van der Waals surface area contributed by atoms with Crippen molar-refractivity contribution < 1.29 is 31.2 Å². The number of nitrogens with zero attached hydrogens (tertiary/aromatic N) is 4. The van der Waals surface area contributed by atoms with Gasteiger partial charge in [0.05, 0.1) is 28.4 Å². The number of benzene rings is 1. The average molecular weight is 472 g/mol. The molecule has 12 heteroatoms. The van der Waals surface area contributed by atoms with Gasteiger partial charge in [-0.2, -0.15) is 13.2 Å². The second kappa shape index (κ2) is 8.24. The average Bonchev–Trinajstić information content (AvgIpc) is 2.97. The lowest BCUT2D eigenvalue weighted by Crippen LogP contribution is -2.36. The van der Waals surface area contributed by atoms with Crippen molar-refractivity contribution in [2.45, 2.75) is 24.2 Å². The molecule has 2 heterocycles. The van der Waals surface area contributed by atoms with Crippen LogP contribution in [0.1, 0.15) is 34.8 Å². The first-order valence-corrected chi connectivity index (χ1v) is 11.5. The molecule has 2 aromatic rings. The monoisotopic (exact) mass is 472 g/mol. The zero-order valence-corrected chi connectivity index (χ0v) is 19.0. The smallest absolute Gasteiger partial charge is 0.346 e. The minimum Gasteiger partial charge on any atom is -0.346 e. The van der Waals surface area contributed by atoms with Gasteiger partial charge in [0.2, 0.25) is 0 Å². The summed E-state index contributed by atoms with van der Waals surface area (Å²) in [6.07, 6.45) is -4.60. The van der Waals surface area contributed by atoms with Crippen molar-refractivity contribution in [2.75, 3.05) is 44.0 Å². The number of aromatic nitrogens is 1. The highest BCUT2D eigenvalue weighted by Crippen LogP contribution is 2.48. The van der Waals surface area contributed by atoms with E-state index in [9.17, 15) is 26.4 Å². The molecule has 1 atom stereocenters. The molecule has 1 aromatic carbocycles. The Kier molecular flexibility index (Phi) is 6.13. The Morgan fingerprint density at radius 3 is 2.38 bits per heavy atom. The number of carbonyl (C=O) groups excluding carboxylic acids is 1. The Balaban J connectivity index is 2.24. The van der Waals surface area contributed by atoms with Crippen molar-refractivity contribution in [1.29, 1.82) is 0 Å². The van der Waals surface area contributed by atoms with Crippen molar-refractivity contribution >= 4 is 27.1 Å². The number of alkyl halides is 3. The summed E-state index contributed by atoms with van der Waals surface area (Å²) in [6.45, 7) is 1.75. The molecule has 0 saturated carbocycles. The van der Waals surface area contributed by atoms with Gasteiger partial charge in [-0.1, -0.05) is 0 Å². The van der Waals surface area contributed by atoms with Gasteiger partial charge in [0.25, 0.3) is 5.91 Å². The van der Waals surface area contributed by atoms with Crippen LogP contribution in [-0.4, -0.2) is 58.2 Å². The number of sulfone groups is 1. The third-order valence-corrected chi connectivity index (χ3v) is 6.08. The zero-order chi connectivity index (χ0) is 24.0. The second-order valence-electron chi connectivity index (χ2n) is 7.48. The third-order valence-electron chi connectivity index (χ3n) is 4.93. The van der Waals surface area contributed by atoms with Gasteiger partial charge in [0.15, 0.2) is 16.0 Å². The summed E-state index contributed by atoms with van der Waals surface area (Å²) in [4.78, 5) is 25.1. The summed E-state index contributed by atoms with van der Waals surface area (Å²) in [5, 5.41) is 1.20. The number of amides is 1. The number of hydroxylamine groups is 1. The largest absolute Gasteiger partial charge is 0.416 e. The molecule has 32 heavy (non-hydrogen) atoms. The van der Waals surface area contributed by atoms with Gasteiger partial charge in [0, 0.05) is 27.4 Å². The molecule has 0 aliphatic carbocycles. The quantitative estimate of drug-likeness (QED) is 0.661. The number of carbonyl (C=O) groups is 1. The molecule has 0 bridgehead atoms. The van der Waals surface area contributed by atoms with Crippen molar-refractivity contribution in [2.24, 2.45) is 0 Å². The molecule has 1 aliphatic heterocycles. The van der Waals surface area contributed by atoms with Crippen LogP contribution in [0.25, 0.3) is 0 Å². The molecule has 0 N–H and O–H groups in total. The molecule has 0 spiro atoms. The molecule has 3 rings (SSSR count). The molecular weight excluding hydrogens is 449 g/mol. The van der Waals surface area contributed by atoms with Gasteiger partial charge in [-0.3, -0.25) is 9.63 Å². The topological polar surface area (TPSA) is 83.1 Å². The van der Waals surface area contributed by atoms with Gasteiger partial charge in [-0.15, -0.1) is 0 Å². The Hall–Kier alpha value is -2.86. The molecule has 1 amide bonds. The molecular formula is C20H23F3N4O4S. The van der Waals surface area contributed by atoms with Gasteiger partial charge in [0.1, 0.15) is 11.4 Å². The molecule has 8 nitrogen and oxygen atoms in total. The fraction of sp³-hybridized carbons (Fsp3) is 0.400. The Morgan fingerprint density at radius 2 is 1.84 bits per heavy atom. The van der Waals surface area contributed by atoms with E-state index in [0.29, 0.717) is 5.69 Å². The van der Waals surface area contributed by atoms with E-state index in [1.807, 2.05) is 0 Å². The number of fused-ring (bicyclic) bond motifs is 1. The standard InChI is InChI=1S/C20H23F3N4O4S/c1-6-31-27-15-11-12(20(21,22)23)7-9-14(15)26(4)18(27)17-16(32(5,29)30)10-8-13(24-17)19(28)25(2)3/h7-11,18H,6H2,1-5H3. The summed E-state index contributed by atoms with van der Waals surface area (Å²) < 4.78 is 64.9. The Bertz CT molecular complexity index is 1150. The van der Waals surface area contributed by atoms with E-state index in [1.165, 1.54) is 42.3 Å². The molecule has 174 valence electrons. The van der Waals surface area contributed by atoms with Crippen LogP contribution in [-0.2, 0) is 20.9 Å². The lowest BCUT2D eigenvalue weighted by Gasteiger charge is -2.30. The number of rotatable bonds is 5. The van der Waals surface area contributed by atoms with Crippen LogP contribution in [0.3, 0.4) is 0 Å². The number of anilines is 2. The Labute approximate surface area is 184 Å². The first-order chi connectivity index (χ1) is 14.8. The van der Waals surface area contributed by atoms with Crippen molar-refractivity contribution in [1.82, 2.24) is 9.88 Å². The van der Waals surface area contributed by atoms with Crippen LogP contribution in [0.15, 0.2) is 35.2 Å². The van der Waals surface area contributed by atoms with Gasteiger partial charge in [-0.25, -0.2) is 18.5 Å². The van der Waals surface area contributed by atoms with E-state index in [1.54, 1.807) is 18.9 Å². The number of pyridine rings is 1. The fourth-order valence-corrected chi connectivity index (χ4v) is 4.32. The van der Waals surface area contributed by atoms with E-state index in [-0.39, 0.29) is 28.6 Å². The first-order valence-electron chi connectivity index (χ1n) is 9.56. The predicted molar refractivity (Wildman–Crippen MR) is 112 cm³/mol. The van der Waals surface area contributed by atoms with Crippen molar-refractivity contribution in [3.63, 3.8) is 0 Å². The maximum atomic E-state index is 13.3. The lowest BCUT2D eigenvalue weighted by molar-refractivity contribution is -0.137. The maximum Gasteiger partial charge on any atom is 0.416 e. The predicted octanol–water partition coefficient (Wildman–Crippen LogP) is 3.11. The van der Waals surface area contributed by atoms with Crippen LogP contribution in [0.5, 0.6) is 0 Å². The summed E-state index contributed by atoms with van der Waals surface area (Å²) in [5.41, 5.74) is -0.403. The number of halogens is 3. The highest BCUT2D eigenvalue weighted by molar-refractivity contribution is 7.90. The molecule has 0 fully saturated rings. The van der Waals surface area contributed by atoms with Crippen molar-refractivity contribution in [3.05, 3.63) is 47.3 Å². The van der Waals surface area contributed by atoms with E-state index < -0.39 is 33.6 Å². The van der Waals surface area contributed by atoms with Crippen LogP contribution >= 0.6 is 0 Å². The highest BCUT2D eigenvalue weighted by Gasteiger charge is 2.42. The highest BCUT2D eigenvalue weighted by atomic mass is 32.2. The van der Waals surface area contributed by atoms with Gasteiger partial charge < -0.3 is 9.80 Å². The van der Waals surface area contributed by atoms with E-state index in [2.05, 4.69) is 4.98 Å². The molecule has 1 aromatic heterocycles. The molecule has 1 unspecified atom stereocenters. The van der Waals surface area contributed by atoms with E-state index in [4.69, 9.17) is 4.84 Å². The number of hydrogen-bond donors (Lipinski definition) is 0. The molecule has 0 radical (unpaired) electrons. The van der Waals surface area contributed by atoms with Crippen LogP contribution in [0, 0.1) is 0 Å². The van der Waals surface area contributed by atoms with Crippen LogP contribution in [0.2, 0.25) is 0 Å². The van der Waals surface area contributed by atoms with E-state index >= 15 is 0 Å². The third kappa shape index (κ3) is 4.24. The molecule has 1 aliphatic rings. The number of hydrogen-bond acceptors (Lipinski definition) is 7. The first kappa shape index (κ1) is 23.8. The summed E-state index contributed by atoms with van der Waals surface area (Å²) in [7, 11) is 0.846. The Morgan fingerprint density at radius 1 is 1.19 bits per heavy atom. The lowest BCUT2D eigenvalue weighted by atomic mass is 10.1. The SMILES string of the molecule is CCON1c2cc(C(F)(F)F)ccc2N(C)C1c1nc(C(=O)N(C)C)ccc1S(C)(=O)=O. The van der Waals surface area contributed by atoms with Crippen LogP contribution in [0.4, 0.5) is 24.5 Å². The minimum atomic E-state index is -4.57. The maximum absolute atomic E-state index is 13.3. The second-order valence-corrected chi connectivity index (χ2v) is 9.47. The summed E-state index contributed by atoms with van der Waals surface area (Å²) in [6, 6.07) is 5.75. The summed E-state index contributed by atoms with van der Waals surface area (Å²) in [5.74, 6) is -0.452. The van der Waals surface area contributed by atoms with Crippen LogP contribution < -0.4 is 9.96 Å². The van der Waals surface area contributed by atoms with Gasteiger partial charge >= 0.3 is 6.18 Å². The summed E-state index contributed by atoms with van der Waals surface area (Å²) >= 11 is 0. The molecule has 0 saturated heterocycles. The van der Waals surface area contributed by atoms with Gasteiger partial charge in [-0.05, 0) is 37.3 Å². The van der Waals surface area contributed by atoms with Crippen molar-refractivity contribution in [3.8, 4) is 0 Å². The zero-order valence-electron chi connectivity index (χ0n) is 18.1.